The van der Waals surface area contributed by atoms with E-state index >= 15 is 0 Å². The molecule has 3 aromatic rings. The zero-order valence-corrected chi connectivity index (χ0v) is 19.0. The number of fused-ring (bicyclic) bond motifs is 1. The number of pyridine rings is 1. The van der Waals surface area contributed by atoms with Gasteiger partial charge in [0.25, 0.3) is 0 Å². The molecule has 0 bridgehead atoms. The topological polar surface area (TPSA) is 111 Å². The van der Waals surface area contributed by atoms with Gasteiger partial charge in [-0.25, -0.2) is 4.98 Å². The molecule has 0 spiro atoms. The molecule has 1 saturated heterocycles. The van der Waals surface area contributed by atoms with Crippen LogP contribution >= 0.6 is 0 Å². The predicted octanol–water partition coefficient (Wildman–Crippen LogP) is 2.80. The Balaban J connectivity index is 0.000000360. The molecule has 1 aliphatic rings. The monoisotopic (exact) mass is 439 g/mol. The van der Waals surface area contributed by atoms with Crippen molar-refractivity contribution in [3.8, 4) is 0 Å². The second kappa shape index (κ2) is 12.0. The van der Waals surface area contributed by atoms with E-state index in [1.807, 2.05) is 23.0 Å². The van der Waals surface area contributed by atoms with Gasteiger partial charge < -0.3 is 20.7 Å². The summed E-state index contributed by atoms with van der Waals surface area (Å²) in [6, 6.07) is 6.16. The van der Waals surface area contributed by atoms with Gasteiger partial charge in [-0.1, -0.05) is 13.0 Å². The number of rotatable bonds is 7. The first-order valence-corrected chi connectivity index (χ1v) is 11.3. The van der Waals surface area contributed by atoms with E-state index in [1.165, 1.54) is 24.8 Å². The van der Waals surface area contributed by atoms with Crippen molar-refractivity contribution in [3.05, 3.63) is 47.9 Å². The van der Waals surface area contributed by atoms with Gasteiger partial charge in [-0.2, -0.15) is 9.61 Å². The maximum absolute atomic E-state index is 10.1. The average molecular weight is 440 g/mol. The van der Waals surface area contributed by atoms with E-state index in [4.69, 9.17) is 10.7 Å². The molecule has 3 N–H and O–H groups in total. The minimum absolute atomic E-state index is 0.0200. The van der Waals surface area contributed by atoms with Crippen LogP contribution < -0.4 is 16.0 Å². The van der Waals surface area contributed by atoms with Gasteiger partial charge in [-0.3, -0.25) is 9.78 Å². The molecule has 32 heavy (non-hydrogen) atoms. The lowest BCUT2D eigenvalue weighted by Crippen LogP contribution is -2.30. The van der Waals surface area contributed by atoms with Crippen LogP contribution in [0.1, 0.15) is 44.2 Å². The molecule has 3 aromatic heterocycles. The Kier molecular flexibility index (Phi) is 8.79. The fraction of sp³-hybridized carbons (Fsp3) is 0.478. The number of aryl methyl sites for hydroxylation is 1. The average Bonchev–Trinajstić information content (AvgIpc) is 3.27. The first-order chi connectivity index (χ1) is 15.7. The number of piperidine rings is 1. The molecule has 9 heteroatoms. The molecule has 0 amide bonds. The number of aromatic nitrogens is 4. The Labute approximate surface area is 189 Å². The highest BCUT2D eigenvalue weighted by Crippen LogP contribution is 2.24. The molecule has 0 unspecified atom stereocenters. The maximum atomic E-state index is 10.1. The van der Waals surface area contributed by atoms with E-state index in [0.717, 1.165) is 42.4 Å². The van der Waals surface area contributed by atoms with Crippen LogP contribution in [0.4, 0.5) is 11.6 Å². The van der Waals surface area contributed by atoms with Crippen molar-refractivity contribution in [2.45, 2.75) is 46.1 Å². The number of hydrogen-bond acceptors (Lipinski definition) is 8. The standard InChI is InChI=1S/C19H24N6.C4H9NO2/c1-2-16-14-22-25-17(21-13-15-7-6-8-20-12-15)11-18(23-19(16)25)24-9-4-3-5-10-24;1-2-7-4(6)3-5/h6-8,11-12,14,21H,2-5,9-10,13H2,1H3;2-3,5H2,1H3. The molecule has 0 saturated carbocycles. The summed E-state index contributed by atoms with van der Waals surface area (Å²) in [7, 11) is 0. The number of hydrogen-bond donors (Lipinski definition) is 2. The smallest absolute Gasteiger partial charge is 0.319 e. The Morgan fingerprint density at radius 3 is 2.66 bits per heavy atom. The van der Waals surface area contributed by atoms with Crippen LogP contribution in [0.3, 0.4) is 0 Å². The van der Waals surface area contributed by atoms with E-state index in [1.54, 1.807) is 13.1 Å². The summed E-state index contributed by atoms with van der Waals surface area (Å²) in [5.41, 5.74) is 8.17. The molecule has 4 rings (SSSR count). The minimum Gasteiger partial charge on any atom is -0.465 e. The highest BCUT2D eigenvalue weighted by molar-refractivity contribution is 5.71. The Morgan fingerprint density at radius 1 is 1.22 bits per heavy atom. The van der Waals surface area contributed by atoms with Gasteiger partial charge in [0, 0.05) is 43.7 Å². The van der Waals surface area contributed by atoms with Gasteiger partial charge in [-0.05, 0) is 44.2 Å². The van der Waals surface area contributed by atoms with Crippen molar-refractivity contribution in [2.75, 3.05) is 36.5 Å². The highest BCUT2D eigenvalue weighted by atomic mass is 16.5. The molecule has 172 valence electrons. The van der Waals surface area contributed by atoms with Gasteiger partial charge in [0.05, 0.1) is 19.3 Å². The quantitative estimate of drug-likeness (QED) is 0.541. The third kappa shape index (κ3) is 6.16. The van der Waals surface area contributed by atoms with Crippen LogP contribution in [0.25, 0.3) is 5.65 Å². The molecule has 0 atom stereocenters. The lowest BCUT2D eigenvalue weighted by atomic mass is 10.1. The zero-order chi connectivity index (χ0) is 22.8. The summed E-state index contributed by atoms with van der Waals surface area (Å²) in [4.78, 5) is 21.6. The van der Waals surface area contributed by atoms with Crippen LogP contribution in [-0.4, -0.2) is 51.8 Å². The molecule has 0 aromatic carbocycles. The lowest BCUT2D eigenvalue weighted by molar-refractivity contribution is -0.141. The van der Waals surface area contributed by atoms with Gasteiger partial charge in [0.1, 0.15) is 11.6 Å². The van der Waals surface area contributed by atoms with E-state index in [2.05, 4.69) is 44.1 Å². The third-order valence-corrected chi connectivity index (χ3v) is 5.26. The van der Waals surface area contributed by atoms with Crippen molar-refractivity contribution in [2.24, 2.45) is 5.73 Å². The molecule has 9 nitrogen and oxygen atoms in total. The van der Waals surface area contributed by atoms with Gasteiger partial charge in [0.15, 0.2) is 5.65 Å². The Bertz CT molecular complexity index is 985. The van der Waals surface area contributed by atoms with Gasteiger partial charge in [-0.15, -0.1) is 0 Å². The number of esters is 1. The number of ether oxygens (including phenoxy) is 1. The van der Waals surface area contributed by atoms with Crippen LogP contribution in [0, 0.1) is 0 Å². The SMILES string of the molecule is CCOC(=O)CN.CCc1cnn2c(NCc3cccnc3)cc(N3CCCCC3)nc12. The first kappa shape index (κ1) is 23.5. The Hall–Kier alpha value is -3.20. The van der Waals surface area contributed by atoms with E-state index in [9.17, 15) is 4.79 Å². The van der Waals surface area contributed by atoms with Gasteiger partial charge >= 0.3 is 5.97 Å². The van der Waals surface area contributed by atoms with E-state index in [0.29, 0.717) is 13.2 Å². The number of anilines is 2. The van der Waals surface area contributed by atoms with E-state index < -0.39 is 0 Å². The molecule has 1 aliphatic heterocycles. The maximum Gasteiger partial charge on any atom is 0.319 e. The van der Waals surface area contributed by atoms with Crippen molar-refractivity contribution in [3.63, 3.8) is 0 Å². The summed E-state index contributed by atoms with van der Waals surface area (Å²) in [5.74, 6) is 1.69. The fourth-order valence-corrected chi connectivity index (χ4v) is 3.57. The number of nitrogens with one attached hydrogen (secondary N) is 1. The summed E-state index contributed by atoms with van der Waals surface area (Å²) >= 11 is 0. The number of carbonyl (C=O) groups is 1. The molecule has 0 aliphatic carbocycles. The second-order valence-electron chi connectivity index (χ2n) is 7.53. The number of nitrogens with two attached hydrogens (primary N) is 1. The predicted molar refractivity (Wildman–Crippen MR) is 126 cm³/mol. The first-order valence-electron chi connectivity index (χ1n) is 11.3. The molecular formula is C23H33N7O2. The summed E-state index contributed by atoms with van der Waals surface area (Å²) in [6.07, 6.45) is 10.3. The summed E-state index contributed by atoms with van der Waals surface area (Å²) in [6.45, 7) is 7.17. The van der Waals surface area contributed by atoms with Crippen LogP contribution in [0.15, 0.2) is 36.8 Å². The molecule has 1 fully saturated rings. The summed E-state index contributed by atoms with van der Waals surface area (Å²) < 4.78 is 6.35. The number of carbonyl (C=O) groups excluding carboxylic acids is 1. The van der Waals surface area contributed by atoms with E-state index in [-0.39, 0.29) is 12.5 Å². The van der Waals surface area contributed by atoms with Crippen LogP contribution in [0.5, 0.6) is 0 Å². The van der Waals surface area contributed by atoms with Gasteiger partial charge in [0.2, 0.25) is 0 Å². The van der Waals surface area contributed by atoms with Crippen molar-refractivity contribution >= 4 is 23.3 Å². The van der Waals surface area contributed by atoms with Crippen molar-refractivity contribution < 1.29 is 9.53 Å². The Morgan fingerprint density at radius 2 is 2.03 bits per heavy atom. The molecular weight excluding hydrogens is 406 g/mol. The van der Waals surface area contributed by atoms with Crippen LogP contribution in [0.2, 0.25) is 0 Å². The summed E-state index contributed by atoms with van der Waals surface area (Å²) in [5, 5.41) is 8.06. The van der Waals surface area contributed by atoms with Crippen LogP contribution in [-0.2, 0) is 22.5 Å². The normalized spacial score (nSPS) is 13.4. The third-order valence-electron chi connectivity index (χ3n) is 5.26. The van der Waals surface area contributed by atoms with Crippen molar-refractivity contribution in [1.82, 2.24) is 19.6 Å². The molecule has 4 heterocycles. The largest absolute Gasteiger partial charge is 0.465 e. The fourth-order valence-electron chi connectivity index (χ4n) is 3.57. The lowest BCUT2D eigenvalue weighted by Gasteiger charge is -2.28. The minimum atomic E-state index is -0.345. The highest BCUT2D eigenvalue weighted by Gasteiger charge is 2.17. The second-order valence-corrected chi connectivity index (χ2v) is 7.53. The number of nitrogens with zero attached hydrogens (tertiary/aromatic N) is 5. The molecule has 0 radical (unpaired) electrons. The zero-order valence-electron chi connectivity index (χ0n) is 19.0. The van der Waals surface area contributed by atoms with Crippen molar-refractivity contribution in [1.29, 1.82) is 0 Å².